The quantitative estimate of drug-likeness (QED) is 0.858. The van der Waals surface area contributed by atoms with Gasteiger partial charge in [-0.15, -0.1) is 0 Å². The number of hydrogen-bond donors (Lipinski definition) is 0. The molecule has 1 amide bonds. The van der Waals surface area contributed by atoms with Gasteiger partial charge in [-0.3, -0.25) is 9.69 Å². The lowest BCUT2D eigenvalue weighted by atomic mass is 10.1. The van der Waals surface area contributed by atoms with Gasteiger partial charge in [0.25, 0.3) is 0 Å². The Balaban J connectivity index is 1.55. The molecule has 1 saturated heterocycles. The summed E-state index contributed by atoms with van der Waals surface area (Å²) in [6.07, 6.45) is 1.40. The van der Waals surface area contributed by atoms with E-state index in [1.54, 1.807) is 0 Å². The van der Waals surface area contributed by atoms with Crippen molar-refractivity contribution in [1.29, 1.82) is 0 Å². The molecule has 1 aliphatic heterocycles. The van der Waals surface area contributed by atoms with Crippen LogP contribution in [0.15, 0.2) is 28.8 Å². The average Bonchev–Trinajstić information content (AvgIpc) is 2.79. The predicted molar refractivity (Wildman–Crippen MR) is 97.3 cm³/mol. The van der Waals surface area contributed by atoms with Gasteiger partial charge in [-0.25, -0.2) is 0 Å². The lowest BCUT2D eigenvalue weighted by molar-refractivity contribution is -0.130. The van der Waals surface area contributed by atoms with Crippen molar-refractivity contribution in [3.63, 3.8) is 0 Å². The number of carbonyl (C=O) groups is 1. The highest BCUT2D eigenvalue weighted by Gasteiger charge is 2.21. The van der Waals surface area contributed by atoms with Gasteiger partial charge in [-0.2, -0.15) is 0 Å². The molecule has 0 atom stereocenters. The zero-order valence-corrected chi connectivity index (χ0v) is 15.4. The molecule has 1 aromatic carbocycles. The van der Waals surface area contributed by atoms with Crippen molar-refractivity contribution < 1.29 is 9.32 Å². The lowest BCUT2D eigenvalue weighted by Crippen LogP contribution is -2.36. The molecule has 25 heavy (non-hydrogen) atoms. The van der Waals surface area contributed by atoms with Crippen LogP contribution in [0.3, 0.4) is 0 Å². The second-order valence-corrected chi connectivity index (χ2v) is 6.98. The highest BCUT2D eigenvalue weighted by Crippen LogP contribution is 2.15. The number of aryl methyl sites for hydroxylation is 3. The summed E-state index contributed by atoms with van der Waals surface area (Å²) in [5, 5.41) is 3.94. The second-order valence-electron chi connectivity index (χ2n) is 6.98. The van der Waals surface area contributed by atoms with E-state index < -0.39 is 0 Å². The Morgan fingerprint density at radius 3 is 2.52 bits per heavy atom. The van der Waals surface area contributed by atoms with Crippen LogP contribution in [0.5, 0.6) is 0 Å². The van der Waals surface area contributed by atoms with Crippen molar-refractivity contribution in [3.05, 3.63) is 52.4 Å². The van der Waals surface area contributed by atoms with Crippen LogP contribution >= 0.6 is 0 Å². The molecule has 0 bridgehead atoms. The Bertz CT molecular complexity index is 702. The van der Waals surface area contributed by atoms with Gasteiger partial charge < -0.3 is 9.42 Å². The Morgan fingerprint density at radius 1 is 1.08 bits per heavy atom. The third-order valence-electron chi connectivity index (χ3n) is 4.98. The zero-order valence-electron chi connectivity index (χ0n) is 15.4. The fourth-order valence-corrected chi connectivity index (χ4v) is 3.35. The van der Waals surface area contributed by atoms with Gasteiger partial charge in [0.05, 0.1) is 12.1 Å². The first kappa shape index (κ1) is 17.7. The highest BCUT2D eigenvalue weighted by atomic mass is 16.5. The van der Waals surface area contributed by atoms with Gasteiger partial charge >= 0.3 is 0 Å². The molecule has 0 spiro atoms. The minimum Gasteiger partial charge on any atom is -0.361 e. The number of carbonyl (C=O) groups excluding carboxylic acids is 1. The number of nitrogens with zero attached hydrogens (tertiary/aromatic N) is 3. The van der Waals surface area contributed by atoms with E-state index in [2.05, 4.69) is 41.2 Å². The number of benzene rings is 1. The Labute approximate surface area is 149 Å². The first-order chi connectivity index (χ1) is 12.0. The highest BCUT2D eigenvalue weighted by molar-refractivity contribution is 5.79. The Morgan fingerprint density at radius 2 is 1.84 bits per heavy atom. The summed E-state index contributed by atoms with van der Waals surface area (Å²) in [6.45, 7) is 10.4. The van der Waals surface area contributed by atoms with E-state index in [1.807, 2.05) is 18.7 Å². The molecule has 134 valence electrons. The first-order valence-electron chi connectivity index (χ1n) is 9.00. The molecule has 0 radical (unpaired) electrons. The third-order valence-corrected chi connectivity index (χ3v) is 4.98. The van der Waals surface area contributed by atoms with Crippen molar-refractivity contribution in [3.8, 4) is 0 Å². The molecule has 5 heteroatoms. The van der Waals surface area contributed by atoms with Crippen LogP contribution in [0, 0.1) is 20.8 Å². The minimum atomic E-state index is 0.173. The second kappa shape index (κ2) is 7.83. The summed E-state index contributed by atoms with van der Waals surface area (Å²) in [4.78, 5) is 17.1. The summed E-state index contributed by atoms with van der Waals surface area (Å²) in [5.74, 6) is 0.924. The molecule has 1 aromatic heterocycles. The molecule has 2 aromatic rings. The summed E-state index contributed by atoms with van der Waals surface area (Å²) in [5.41, 5.74) is 4.38. The monoisotopic (exact) mass is 341 g/mol. The molecular weight excluding hydrogens is 314 g/mol. The minimum absolute atomic E-state index is 0.173. The van der Waals surface area contributed by atoms with E-state index in [1.165, 1.54) is 11.1 Å². The van der Waals surface area contributed by atoms with E-state index in [0.29, 0.717) is 6.42 Å². The van der Waals surface area contributed by atoms with E-state index in [9.17, 15) is 4.79 Å². The van der Waals surface area contributed by atoms with E-state index in [-0.39, 0.29) is 5.91 Å². The standard InChI is InChI=1S/C20H27N3O2/c1-15-5-7-18(8-6-15)14-22-9-4-10-23(12-11-22)20(24)13-19-16(2)21-25-17(19)3/h5-8H,4,9-14H2,1-3H3. The molecular formula is C20H27N3O2. The fraction of sp³-hybridized carbons (Fsp3) is 0.500. The molecule has 0 saturated carbocycles. The normalized spacial score (nSPS) is 16.0. The van der Waals surface area contributed by atoms with E-state index >= 15 is 0 Å². The average molecular weight is 341 g/mol. The number of hydrogen-bond acceptors (Lipinski definition) is 4. The molecule has 2 heterocycles. The molecule has 0 aliphatic carbocycles. The van der Waals surface area contributed by atoms with Crippen molar-refractivity contribution in [2.24, 2.45) is 0 Å². The largest absolute Gasteiger partial charge is 0.361 e. The maximum absolute atomic E-state index is 12.7. The van der Waals surface area contributed by atoms with Crippen LogP contribution in [-0.2, 0) is 17.8 Å². The maximum Gasteiger partial charge on any atom is 0.227 e. The maximum atomic E-state index is 12.7. The molecule has 1 aliphatic rings. The van der Waals surface area contributed by atoms with Crippen LogP contribution in [0.4, 0.5) is 0 Å². The lowest BCUT2D eigenvalue weighted by Gasteiger charge is -2.22. The van der Waals surface area contributed by atoms with Crippen LogP contribution in [0.25, 0.3) is 0 Å². The van der Waals surface area contributed by atoms with Gasteiger partial charge in [-0.1, -0.05) is 35.0 Å². The number of aromatic nitrogens is 1. The molecule has 1 fully saturated rings. The topological polar surface area (TPSA) is 49.6 Å². The van der Waals surface area contributed by atoms with Gasteiger partial charge in [0.2, 0.25) is 5.91 Å². The van der Waals surface area contributed by atoms with Crippen LogP contribution in [-0.4, -0.2) is 47.0 Å². The van der Waals surface area contributed by atoms with Crippen LogP contribution < -0.4 is 0 Å². The fourth-order valence-electron chi connectivity index (χ4n) is 3.35. The molecule has 3 rings (SSSR count). The SMILES string of the molecule is Cc1ccc(CN2CCCN(C(=O)Cc3c(C)noc3C)CC2)cc1. The Kier molecular flexibility index (Phi) is 5.53. The summed E-state index contributed by atoms with van der Waals surface area (Å²) < 4.78 is 5.17. The van der Waals surface area contributed by atoms with Crippen LogP contribution in [0.1, 0.15) is 34.6 Å². The van der Waals surface area contributed by atoms with Crippen molar-refractivity contribution in [2.75, 3.05) is 26.2 Å². The molecule has 0 unspecified atom stereocenters. The van der Waals surface area contributed by atoms with Crippen molar-refractivity contribution in [1.82, 2.24) is 15.0 Å². The van der Waals surface area contributed by atoms with Crippen LogP contribution in [0.2, 0.25) is 0 Å². The van der Waals surface area contributed by atoms with Crippen molar-refractivity contribution >= 4 is 5.91 Å². The molecule has 5 nitrogen and oxygen atoms in total. The molecule has 0 N–H and O–H groups in total. The summed E-state index contributed by atoms with van der Waals surface area (Å²) >= 11 is 0. The predicted octanol–water partition coefficient (Wildman–Crippen LogP) is 2.88. The van der Waals surface area contributed by atoms with Gasteiger partial charge in [0.15, 0.2) is 0 Å². The van der Waals surface area contributed by atoms with Crippen molar-refractivity contribution in [2.45, 2.75) is 40.2 Å². The van der Waals surface area contributed by atoms with Gasteiger partial charge in [0, 0.05) is 38.3 Å². The summed E-state index contributed by atoms with van der Waals surface area (Å²) in [7, 11) is 0. The number of amides is 1. The number of rotatable bonds is 4. The van der Waals surface area contributed by atoms with Gasteiger partial charge in [-0.05, 0) is 32.8 Å². The summed E-state index contributed by atoms with van der Waals surface area (Å²) in [6, 6.07) is 8.71. The van der Waals surface area contributed by atoms with Gasteiger partial charge in [0.1, 0.15) is 5.76 Å². The zero-order chi connectivity index (χ0) is 17.8. The third kappa shape index (κ3) is 4.48. The Hall–Kier alpha value is -2.14. The van der Waals surface area contributed by atoms with E-state index in [0.717, 1.165) is 56.2 Å². The first-order valence-corrected chi connectivity index (χ1v) is 9.00. The van der Waals surface area contributed by atoms with E-state index in [4.69, 9.17) is 4.52 Å². The smallest absolute Gasteiger partial charge is 0.227 e.